The second kappa shape index (κ2) is 3.51. The number of nitriles is 1. The van der Waals surface area contributed by atoms with Crippen LogP contribution in [0.4, 0.5) is 0 Å². The molecule has 0 aliphatic heterocycles. The van der Waals surface area contributed by atoms with Crippen LogP contribution < -0.4 is 5.73 Å². The third-order valence-electron chi connectivity index (χ3n) is 1.57. The molecule has 0 aromatic carbocycles. The Kier molecular flexibility index (Phi) is 2.19. The maximum Gasteiger partial charge on any atom is 0.290 e. The summed E-state index contributed by atoms with van der Waals surface area (Å²) in [6.07, 6.45) is 0. The SMILES string of the molecule is N#Cc1ccc(-c2nc(C(N)=O)no2)s1. The van der Waals surface area contributed by atoms with Crippen molar-refractivity contribution in [3.05, 3.63) is 22.8 Å². The third kappa shape index (κ3) is 1.70. The largest absolute Gasteiger partial charge is 0.363 e. The molecule has 0 saturated carbocycles. The molecule has 15 heavy (non-hydrogen) atoms. The lowest BCUT2D eigenvalue weighted by Crippen LogP contribution is -2.12. The lowest BCUT2D eigenvalue weighted by molar-refractivity contribution is 0.0987. The van der Waals surface area contributed by atoms with Crippen molar-refractivity contribution in [2.75, 3.05) is 0 Å². The van der Waals surface area contributed by atoms with E-state index in [1.165, 1.54) is 11.3 Å². The molecule has 0 bridgehead atoms. The number of thiophene rings is 1. The minimum absolute atomic E-state index is 0.170. The van der Waals surface area contributed by atoms with Crippen LogP contribution in [0.3, 0.4) is 0 Å². The Balaban J connectivity index is 2.38. The highest BCUT2D eigenvalue weighted by atomic mass is 32.1. The van der Waals surface area contributed by atoms with E-state index in [0.717, 1.165) is 0 Å². The third-order valence-corrected chi connectivity index (χ3v) is 2.55. The fourth-order valence-corrected chi connectivity index (χ4v) is 1.66. The highest BCUT2D eigenvalue weighted by Crippen LogP contribution is 2.25. The first kappa shape index (κ1) is 9.36. The van der Waals surface area contributed by atoms with Crippen molar-refractivity contribution < 1.29 is 9.32 Å². The van der Waals surface area contributed by atoms with E-state index in [9.17, 15) is 4.79 Å². The van der Waals surface area contributed by atoms with Gasteiger partial charge in [-0.25, -0.2) is 0 Å². The van der Waals surface area contributed by atoms with Crippen molar-refractivity contribution in [2.24, 2.45) is 5.73 Å². The topological polar surface area (TPSA) is 106 Å². The minimum Gasteiger partial charge on any atom is -0.363 e. The number of hydrogen-bond donors (Lipinski definition) is 1. The van der Waals surface area contributed by atoms with Crippen molar-refractivity contribution in [1.82, 2.24) is 10.1 Å². The van der Waals surface area contributed by atoms with Gasteiger partial charge in [-0.3, -0.25) is 4.79 Å². The molecule has 74 valence electrons. The molecule has 0 radical (unpaired) electrons. The lowest BCUT2D eigenvalue weighted by atomic mass is 10.4. The van der Waals surface area contributed by atoms with Crippen LogP contribution in [0.1, 0.15) is 15.5 Å². The average Bonchev–Trinajstić information content (AvgIpc) is 2.86. The summed E-state index contributed by atoms with van der Waals surface area (Å²) in [4.78, 5) is 15.6. The number of nitrogens with two attached hydrogens (primary N) is 1. The summed E-state index contributed by atoms with van der Waals surface area (Å²) in [7, 11) is 0. The quantitative estimate of drug-likeness (QED) is 0.804. The second-order valence-corrected chi connectivity index (χ2v) is 3.65. The highest BCUT2D eigenvalue weighted by Gasteiger charge is 2.14. The first-order valence-electron chi connectivity index (χ1n) is 3.84. The van der Waals surface area contributed by atoms with Crippen molar-refractivity contribution in [3.63, 3.8) is 0 Å². The van der Waals surface area contributed by atoms with Gasteiger partial charge >= 0.3 is 0 Å². The Hall–Kier alpha value is -2.20. The van der Waals surface area contributed by atoms with Gasteiger partial charge in [0.05, 0.1) is 4.88 Å². The Labute approximate surface area is 87.9 Å². The van der Waals surface area contributed by atoms with Crippen LogP contribution in [0.25, 0.3) is 10.8 Å². The molecule has 6 nitrogen and oxygen atoms in total. The van der Waals surface area contributed by atoms with Gasteiger partial charge in [0.25, 0.3) is 17.6 Å². The Bertz CT molecular complexity index is 551. The van der Waals surface area contributed by atoms with E-state index >= 15 is 0 Å². The number of aromatic nitrogens is 2. The fraction of sp³-hybridized carbons (Fsp3) is 0. The number of carbonyl (C=O) groups is 1. The van der Waals surface area contributed by atoms with Crippen LogP contribution in [-0.2, 0) is 0 Å². The zero-order valence-corrected chi connectivity index (χ0v) is 8.11. The van der Waals surface area contributed by atoms with Crippen LogP contribution in [0.15, 0.2) is 16.7 Å². The first-order chi connectivity index (χ1) is 7.20. The van der Waals surface area contributed by atoms with Crippen molar-refractivity contribution in [1.29, 1.82) is 5.26 Å². The van der Waals surface area contributed by atoms with Crippen LogP contribution in [0, 0.1) is 11.3 Å². The van der Waals surface area contributed by atoms with E-state index in [2.05, 4.69) is 10.1 Å². The molecule has 0 unspecified atom stereocenters. The summed E-state index contributed by atoms with van der Waals surface area (Å²) in [5, 5.41) is 12.0. The normalized spacial score (nSPS) is 9.80. The fourth-order valence-electron chi connectivity index (χ4n) is 0.937. The van der Waals surface area contributed by atoms with Gasteiger partial charge in [-0.15, -0.1) is 11.3 Å². The number of rotatable bonds is 2. The molecule has 0 aliphatic rings. The maximum absolute atomic E-state index is 10.7. The molecule has 1 amide bonds. The summed E-state index contributed by atoms with van der Waals surface area (Å²) in [5.41, 5.74) is 4.96. The number of carbonyl (C=O) groups excluding carboxylic acids is 1. The first-order valence-corrected chi connectivity index (χ1v) is 4.66. The molecule has 2 rings (SSSR count). The second-order valence-electron chi connectivity index (χ2n) is 2.56. The Morgan fingerprint density at radius 1 is 1.60 bits per heavy atom. The van der Waals surface area contributed by atoms with E-state index in [4.69, 9.17) is 15.5 Å². The molecule has 2 N–H and O–H groups in total. The predicted octanol–water partition coefficient (Wildman–Crippen LogP) is 0.769. The van der Waals surface area contributed by atoms with Crippen LogP contribution >= 0.6 is 11.3 Å². The van der Waals surface area contributed by atoms with Gasteiger partial charge < -0.3 is 10.3 Å². The zero-order chi connectivity index (χ0) is 10.8. The molecule has 0 saturated heterocycles. The van der Waals surface area contributed by atoms with Crippen LogP contribution in [0.5, 0.6) is 0 Å². The van der Waals surface area contributed by atoms with E-state index in [1.807, 2.05) is 6.07 Å². The van der Waals surface area contributed by atoms with Crippen LogP contribution in [0.2, 0.25) is 0 Å². The number of amides is 1. The van der Waals surface area contributed by atoms with Crippen molar-refractivity contribution in [2.45, 2.75) is 0 Å². The van der Waals surface area contributed by atoms with Gasteiger partial charge in [-0.05, 0) is 12.1 Å². The molecular formula is C8H4N4O2S. The van der Waals surface area contributed by atoms with E-state index in [-0.39, 0.29) is 11.7 Å². The van der Waals surface area contributed by atoms with Gasteiger partial charge in [0.2, 0.25) is 0 Å². The standard InChI is InChI=1S/C8H4N4O2S/c9-3-4-1-2-5(15-4)8-11-7(6(10)13)12-14-8/h1-2H,(H2,10,13). The number of hydrogen-bond acceptors (Lipinski definition) is 6. The predicted molar refractivity (Wildman–Crippen MR) is 50.8 cm³/mol. The molecule has 2 heterocycles. The molecule has 0 atom stereocenters. The smallest absolute Gasteiger partial charge is 0.290 e. The molecule has 7 heteroatoms. The van der Waals surface area contributed by atoms with E-state index in [0.29, 0.717) is 9.75 Å². The number of nitrogens with zero attached hydrogens (tertiary/aromatic N) is 3. The van der Waals surface area contributed by atoms with Crippen molar-refractivity contribution >= 4 is 17.2 Å². The molecule has 0 spiro atoms. The summed E-state index contributed by atoms with van der Waals surface area (Å²) < 4.78 is 4.81. The summed E-state index contributed by atoms with van der Waals surface area (Å²) in [5.74, 6) is -0.728. The molecule has 0 aliphatic carbocycles. The Morgan fingerprint density at radius 2 is 2.40 bits per heavy atom. The van der Waals surface area contributed by atoms with Gasteiger partial charge in [0, 0.05) is 0 Å². The Morgan fingerprint density at radius 3 is 2.93 bits per heavy atom. The van der Waals surface area contributed by atoms with Gasteiger partial charge in [-0.2, -0.15) is 10.2 Å². The maximum atomic E-state index is 10.7. The molecule has 0 fully saturated rings. The average molecular weight is 220 g/mol. The lowest BCUT2D eigenvalue weighted by Gasteiger charge is -1.82. The zero-order valence-electron chi connectivity index (χ0n) is 7.30. The minimum atomic E-state index is -0.748. The molecular weight excluding hydrogens is 216 g/mol. The van der Waals surface area contributed by atoms with Gasteiger partial charge in [0.15, 0.2) is 0 Å². The molecule has 2 aromatic rings. The van der Waals surface area contributed by atoms with Gasteiger partial charge in [0.1, 0.15) is 10.9 Å². The van der Waals surface area contributed by atoms with Gasteiger partial charge in [-0.1, -0.05) is 5.16 Å². The monoisotopic (exact) mass is 220 g/mol. The number of primary amides is 1. The van der Waals surface area contributed by atoms with Crippen molar-refractivity contribution in [3.8, 4) is 16.8 Å². The molecule has 2 aromatic heterocycles. The van der Waals surface area contributed by atoms with E-state index in [1.54, 1.807) is 12.1 Å². The highest BCUT2D eigenvalue weighted by molar-refractivity contribution is 7.15. The summed E-state index contributed by atoms with van der Waals surface area (Å²) in [6, 6.07) is 5.28. The summed E-state index contributed by atoms with van der Waals surface area (Å²) >= 11 is 1.20. The van der Waals surface area contributed by atoms with Crippen LogP contribution in [-0.4, -0.2) is 16.0 Å². The summed E-state index contributed by atoms with van der Waals surface area (Å²) in [6.45, 7) is 0. The van der Waals surface area contributed by atoms with E-state index < -0.39 is 5.91 Å².